The van der Waals surface area contributed by atoms with Crippen LogP contribution in [0.2, 0.25) is 0 Å². The number of carbonyl (C=O) groups is 1. The highest BCUT2D eigenvalue weighted by atomic mass is 16.2. The summed E-state index contributed by atoms with van der Waals surface area (Å²) in [6, 6.07) is 0.436. The van der Waals surface area contributed by atoms with Crippen LogP contribution in [-0.2, 0) is 4.79 Å². The summed E-state index contributed by atoms with van der Waals surface area (Å²) < 4.78 is 0. The van der Waals surface area contributed by atoms with E-state index in [1.54, 1.807) is 0 Å². The first-order valence-electron chi connectivity index (χ1n) is 5.76. The van der Waals surface area contributed by atoms with E-state index in [9.17, 15) is 4.79 Å². The molecule has 1 saturated heterocycles. The normalized spacial score (nSPS) is 31.8. The van der Waals surface area contributed by atoms with Crippen LogP contribution in [0.4, 0.5) is 0 Å². The maximum absolute atomic E-state index is 11.6. The van der Waals surface area contributed by atoms with E-state index >= 15 is 0 Å². The van der Waals surface area contributed by atoms with E-state index in [1.165, 1.54) is 19.3 Å². The van der Waals surface area contributed by atoms with Crippen molar-refractivity contribution >= 4 is 5.91 Å². The Balaban J connectivity index is 2.03. The molecule has 0 radical (unpaired) electrons. The van der Waals surface area contributed by atoms with Gasteiger partial charge in [0.2, 0.25) is 0 Å². The molecule has 15 heavy (non-hydrogen) atoms. The van der Waals surface area contributed by atoms with E-state index in [0.717, 1.165) is 19.4 Å². The Morgan fingerprint density at radius 2 is 2.27 bits per heavy atom. The first-order valence-corrected chi connectivity index (χ1v) is 5.76. The lowest BCUT2D eigenvalue weighted by molar-refractivity contribution is -0.126. The molecule has 0 unspecified atom stereocenters. The minimum atomic E-state index is -0.0357. The number of nitrogens with zero attached hydrogens (tertiary/aromatic N) is 1. The molecule has 1 amide bonds. The van der Waals surface area contributed by atoms with Crippen LogP contribution >= 0.6 is 0 Å². The van der Waals surface area contributed by atoms with Crippen molar-refractivity contribution in [2.24, 2.45) is 5.84 Å². The Kier molecular flexibility index (Phi) is 3.38. The van der Waals surface area contributed by atoms with E-state index in [-0.39, 0.29) is 11.9 Å². The summed E-state index contributed by atoms with van der Waals surface area (Å²) in [5.41, 5.74) is 2.27. The predicted molar refractivity (Wildman–Crippen MR) is 58.8 cm³/mol. The molecule has 4 heteroatoms. The summed E-state index contributed by atoms with van der Waals surface area (Å²) >= 11 is 0. The average Bonchev–Trinajstić information content (AvgIpc) is 2.78. The molecule has 2 aliphatic rings. The van der Waals surface area contributed by atoms with Gasteiger partial charge in [0.1, 0.15) is 0 Å². The van der Waals surface area contributed by atoms with Crippen molar-refractivity contribution in [3.8, 4) is 0 Å². The molecule has 1 aliphatic heterocycles. The zero-order valence-corrected chi connectivity index (χ0v) is 8.98. The maximum atomic E-state index is 11.6. The highest BCUT2D eigenvalue weighted by molar-refractivity contribution is 5.81. The molecule has 1 aliphatic carbocycles. The monoisotopic (exact) mass is 209 g/mol. The molecule has 0 spiro atoms. The Labute approximate surface area is 90.5 Å². The fourth-order valence-electron chi connectivity index (χ4n) is 2.63. The Morgan fingerprint density at radius 3 is 2.93 bits per heavy atom. The largest absolute Gasteiger partial charge is 0.293 e. The Hall–Kier alpha value is -0.870. The second-order valence-electron chi connectivity index (χ2n) is 4.33. The van der Waals surface area contributed by atoms with E-state index in [1.807, 2.05) is 0 Å². The number of amides is 1. The number of nitrogens with two attached hydrogens (primary N) is 1. The summed E-state index contributed by atoms with van der Waals surface area (Å²) in [6.07, 6.45) is 10.1. The van der Waals surface area contributed by atoms with E-state index in [4.69, 9.17) is 5.84 Å². The third-order valence-corrected chi connectivity index (χ3v) is 3.39. The van der Waals surface area contributed by atoms with Gasteiger partial charge < -0.3 is 0 Å². The molecular weight excluding hydrogens is 190 g/mol. The highest BCUT2D eigenvalue weighted by Crippen LogP contribution is 2.25. The lowest BCUT2D eigenvalue weighted by Crippen LogP contribution is -2.49. The topological polar surface area (TPSA) is 58.4 Å². The van der Waals surface area contributed by atoms with Crippen molar-refractivity contribution in [3.05, 3.63) is 12.2 Å². The lowest BCUT2D eigenvalue weighted by Gasteiger charge is -2.31. The van der Waals surface area contributed by atoms with Crippen molar-refractivity contribution in [1.29, 1.82) is 0 Å². The third-order valence-electron chi connectivity index (χ3n) is 3.39. The van der Waals surface area contributed by atoms with Gasteiger partial charge in [-0.3, -0.25) is 15.1 Å². The standard InChI is InChI=1S/C11H19N3O/c12-13-11(15)10-7-4-8-14(10)9-5-2-1-3-6-9/h2,5,9-10H,1,3-4,6-8,12H2,(H,13,15)/t9-,10+/m1/s1. The van der Waals surface area contributed by atoms with E-state index in [0.29, 0.717) is 6.04 Å². The number of nitrogens with one attached hydrogen (secondary N) is 1. The summed E-state index contributed by atoms with van der Waals surface area (Å²) in [5, 5.41) is 0. The number of rotatable bonds is 2. The number of hydrogen-bond acceptors (Lipinski definition) is 3. The van der Waals surface area contributed by atoms with E-state index in [2.05, 4.69) is 22.5 Å². The highest BCUT2D eigenvalue weighted by Gasteiger charge is 2.34. The molecule has 2 atom stereocenters. The number of allylic oxidation sites excluding steroid dienone is 1. The average molecular weight is 209 g/mol. The van der Waals surface area contributed by atoms with Crippen LogP contribution in [-0.4, -0.2) is 29.4 Å². The fourth-order valence-corrected chi connectivity index (χ4v) is 2.63. The predicted octanol–water partition coefficient (Wildman–Crippen LogP) is 0.549. The van der Waals surface area contributed by atoms with Gasteiger partial charge in [0, 0.05) is 6.04 Å². The van der Waals surface area contributed by atoms with Gasteiger partial charge >= 0.3 is 0 Å². The maximum Gasteiger partial charge on any atom is 0.251 e. The second kappa shape index (κ2) is 4.77. The number of hydrogen-bond donors (Lipinski definition) is 2. The Morgan fingerprint density at radius 1 is 1.40 bits per heavy atom. The van der Waals surface area contributed by atoms with Crippen LogP contribution in [0.3, 0.4) is 0 Å². The fraction of sp³-hybridized carbons (Fsp3) is 0.727. The van der Waals surface area contributed by atoms with Crippen molar-refractivity contribution in [2.45, 2.75) is 44.2 Å². The van der Waals surface area contributed by atoms with Gasteiger partial charge in [0.25, 0.3) is 5.91 Å². The quantitative estimate of drug-likeness (QED) is 0.302. The summed E-state index contributed by atoms with van der Waals surface area (Å²) in [7, 11) is 0. The van der Waals surface area contributed by atoms with Crippen molar-refractivity contribution in [1.82, 2.24) is 10.3 Å². The van der Waals surface area contributed by atoms with Crippen LogP contribution in [0, 0.1) is 0 Å². The minimum Gasteiger partial charge on any atom is -0.293 e. The number of hydrazine groups is 1. The molecule has 0 aromatic heterocycles. The molecule has 1 fully saturated rings. The molecule has 0 bridgehead atoms. The van der Waals surface area contributed by atoms with Gasteiger partial charge in [0.15, 0.2) is 0 Å². The molecule has 3 N–H and O–H groups in total. The molecular formula is C11H19N3O. The number of carbonyl (C=O) groups excluding carboxylic acids is 1. The molecule has 0 aromatic carbocycles. The zero-order valence-electron chi connectivity index (χ0n) is 8.98. The third kappa shape index (κ3) is 2.21. The van der Waals surface area contributed by atoms with Gasteiger partial charge in [-0.1, -0.05) is 12.2 Å². The van der Waals surface area contributed by atoms with Gasteiger partial charge in [0.05, 0.1) is 6.04 Å². The lowest BCUT2D eigenvalue weighted by atomic mass is 10.0. The van der Waals surface area contributed by atoms with Crippen LogP contribution < -0.4 is 11.3 Å². The van der Waals surface area contributed by atoms with Crippen LogP contribution in [0.25, 0.3) is 0 Å². The molecule has 84 valence electrons. The Bertz CT molecular complexity index is 265. The summed E-state index contributed by atoms with van der Waals surface area (Å²) in [6.45, 7) is 1.02. The van der Waals surface area contributed by atoms with Crippen LogP contribution in [0.1, 0.15) is 32.1 Å². The smallest absolute Gasteiger partial charge is 0.251 e. The summed E-state index contributed by atoms with van der Waals surface area (Å²) in [4.78, 5) is 13.9. The first kappa shape index (κ1) is 10.6. The van der Waals surface area contributed by atoms with Gasteiger partial charge in [-0.05, 0) is 38.6 Å². The molecule has 2 rings (SSSR count). The second-order valence-corrected chi connectivity index (χ2v) is 4.33. The van der Waals surface area contributed by atoms with Crippen molar-refractivity contribution in [3.63, 3.8) is 0 Å². The first-order chi connectivity index (χ1) is 7.33. The minimum absolute atomic E-state index is 0.0113. The van der Waals surface area contributed by atoms with Gasteiger partial charge in [-0.25, -0.2) is 5.84 Å². The van der Waals surface area contributed by atoms with Crippen LogP contribution in [0.15, 0.2) is 12.2 Å². The number of likely N-dealkylation sites (tertiary alicyclic amines) is 1. The summed E-state index contributed by atoms with van der Waals surface area (Å²) in [5.74, 6) is 5.16. The van der Waals surface area contributed by atoms with E-state index < -0.39 is 0 Å². The van der Waals surface area contributed by atoms with Crippen LogP contribution in [0.5, 0.6) is 0 Å². The molecule has 4 nitrogen and oxygen atoms in total. The van der Waals surface area contributed by atoms with Gasteiger partial charge in [-0.2, -0.15) is 0 Å². The molecule has 0 saturated carbocycles. The molecule has 0 aromatic rings. The SMILES string of the molecule is NNC(=O)[C@@H]1CCCN1[C@@H]1C=CCCC1. The zero-order chi connectivity index (χ0) is 10.7. The van der Waals surface area contributed by atoms with Crippen molar-refractivity contribution < 1.29 is 4.79 Å². The van der Waals surface area contributed by atoms with Crippen molar-refractivity contribution in [2.75, 3.05) is 6.54 Å². The molecule has 1 heterocycles. The van der Waals surface area contributed by atoms with Gasteiger partial charge in [-0.15, -0.1) is 0 Å².